The Kier molecular flexibility index (Phi) is 4.01. The summed E-state index contributed by atoms with van der Waals surface area (Å²) in [5.41, 5.74) is 1.77. The average Bonchev–Trinajstić information content (AvgIpc) is 2.63. The molecule has 2 rings (SSSR count). The Morgan fingerprint density at radius 1 is 1.24 bits per heavy atom. The second-order valence-electron chi connectivity index (χ2n) is 3.50. The highest BCUT2D eigenvalue weighted by molar-refractivity contribution is 9.10. The molecule has 2 aromatic rings. The molecule has 88 valence electrons. The molecule has 0 aliphatic rings. The zero-order valence-electron chi connectivity index (χ0n) is 8.96. The van der Waals surface area contributed by atoms with Crippen LogP contribution in [0.25, 0.3) is 0 Å². The SMILES string of the molecule is Cc1c(Br)csc1C(=O)Nc1ccc(Br)cc1. The van der Waals surface area contributed by atoms with Gasteiger partial charge in [-0.25, -0.2) is 0 Å². The van der Waals surface area contributed by atoms with Crippen LogP contribution < -0.4 is 5.32 Å². The molecule has 1 aromatic carbocycles. The first-order valence-electron chi connectivity index (χ1n) is 4.88. The molecule has 1 N–H and O–H groups in total. The summed E-state index contributed by atoms with van der Waals surface area (Å²) in [7, 11) is 0. The third kappa shape index (κ3) is 2.97. The van der Waals surface area contributed by atoms with E-state index in [0.29, 0.717) is 0 Å². The summed E-state index contributed by atoms with van der Waals surface area (Å²) in [6.45, 7) is 1.93. The van der Waals surface area contributed by atoms with Gasteiger partial charge >= 0.3 is 0 Å². The van der Waals surface area contributed by atoms with Crippen molar-refractivity contribution in [2.75, 3.05) is 5.32 Å². The third-order valence-corrected chi connectivity index (χ3v) is 5.02. The minimum absolute atomic E-state index is 0.0690. The maximum atomic E-state index is 12.0. The Balaban J connectivity index is 2.17. The number of rotatable bonds is 2. The molecule has 0 unspecified atom stereocenters. The van der Waals surface area contributed by atoms with E-state index < -0.39 is 0 Å². The normalized spacial score (nSPS) is 10.3. The lowest BCUT2D eigenvalue weighted by molar-refractivity contribution is 0.103. The fourth-order valence-corrected chi connectivity index (χ4v) is 3.06. The lowest BCUT2D eigenvalue weighted by Gasteiger charge is -2.04. The molecule has 1 aromatic heterocycles. The highest BCUT2D eigenvalue weighted by atomic mass is 79.9. The summed E-state index contributed by atoms with van der Waals surface area (Å²) < 4.78 is 1.97. The largest absolute Gasteiger partial charge is 0.321 e. The van der Waals surface area contributed by atoms with Gasteiger partial charge in [0.15, 0.2) is 0 Å². The van der Waals surface area contributed by atoms with Crippen LogP contribution in [0.3, 0.4) is 0 Å². The van der Waals surface area contributed by atoms with Crippen LogP contribution in [0.1, 0.15) is 15.2 Å². The standard InChI is InChI=1S/C12H9Br2NOS/c1-7-10(14)6-17-11(7)12(16)15-9-4-2-8(13)3-5-9/h2-6H,1H3,(H,15,16). The van der Waals surface area contributed by atoms with Crippen LogP contribution >= 0.6 is 43.2 Å². The number of carbonyl (C=O) groups is 1. The number of carbonyl (C=O) groups excluding carboxylic acids is 1. The van der Waals surface area contributed by atoms with Crippen LogP contribution in [0.15, 0.2) is 38.6 Å². The zero-order valence-corrected chi connectivity index (χ0v) is 12.9. The molecule has 2 nitrogen and oxygen atoms in total. The van der Waals surface area contributed by atoms with Crippen LogP contribution in [0, 0.1) is 6.92 Å². The van der Waals surface area contributed by atoms with Crippen molar-refractivity contribution in [1.29, 1.82) is 0 Å². The van der Waals surface area contributed by atoms with Gasteiger partial charge in [-0.1, -0.05) is 15.9 Å². The Labute approximate surface area is 120 Å². The van der Waals surface area contributed by atoms with E-state index in [4.69, 9.17) is 0 Å². The second-order valence-corrected chi connectivity index (χ2v) is 6.15. The van der Waals surface area contributed by atoms with Gasteiger partial charge in [-0.2, -0.15) is 0 Å². The lowest BCUT2D eigenvalue weighted by atomic mass is 10.2. The number of nitrogens with one attached hydrogen (secondary N) is 1. The van der Waals surface area contributed by atoms with Crippen LogP contribution in [0.5, 0.6) is 0 Å². The molecule has 0 radical (unpaired) electrons. The molecule has 17 heavy (non-hydrogen) atoms. The lowest BCUT2D eigenvalue weighted by Crippen LogP contribution is -2.11. The zero-order chi connectivity index (χ0) is 12.4. The molecule has 0 aliphatic heterocycles. The molecule has 0 fully saturated rings. The van der Waals surface area contributed by atoms with Crippen molar-refractivity contribution in [2.24, 2.45) is 0 Å². The van der Waals surface area contributed by atoms with Crippen LogP contribution in [-0.4, -0.2) is 5.91 Å². The van der Waals surface area contributed by atoms with Gasteiger partial charge < -0.3 is 5.32 Å². The summed E-state index contributed by atoms with van der Waals surface area (Å²) in [5, 5.41) is 4.79. The van der Waals surface area contributed by atoms with Gasteiger partial charge in [-0.15, -0.1) is 11.3 Å². The quantitative estimate of drug-likeness (QED) is 0.800. The molecule has 1 amide bonds. The molecule has 0 aliphatic carbocycles. The number of anilines is 1. The topological polar surface area (TPSA) is 29.1 Å². The van der Waals surface area contributed by atoms with Crippen LogP contribution in [0.4, 0.5) is 5.69 Å². The van der Waals surface area contributed by atoms with E-state index in [0.717, 1.165) is 25.1 Å². The van der Waals surface area contributed by atoms with Gasteiger partial charge in [0.25, 0.3) is 5.91 Å². The monoisotopic (exact) mass is 373 g/mol. The number of thiophene rings is 1. The summed E-state index contributed by atoms with van der Waals surface area (Å²) in [6, 6.07) is 7.51. The Bertz CT molecular complexity index is 548. The molecule has 0 atom stereocenters. The Hall–Kier alpha value is -0.650. The van der Waals surface area contributed by atoms with Crippen molar-refractivity contribution in [1.82, 2.24) is 0 Å². The average molecular weight is 375 g/mol. The number of benzene rings is 1. The van der Waals surface area contributed by atoms with E-state index in [1.165, 1.54) is 11.3 Å². The van der Waals surface area contributed by atoms with Crippen molar-refractivity contribution in [3.05, 3.63) is 49.0 Å². The van der Waals surface area contributed by atoms with Crippen LogP contribution in [0.2, 0.25) is 0 Å². The van der Waals surface area contributed by atoms with Gasteiger partial charge in [0, 0.05) is 20.0 Å². The maximum absolute atomic E-state index is 12.0. The molecule has 0 spiro atoms. The van der Waals surface area contributed by atoms with Crippen molar-refractivity contribution in [2.45, 2.75) is 6.92 Å². The van der Waals surface area contributed by atoms with Gasteiger partial charge in [0.05, 0.1) is 4.88 Å². The van der Waals surface area contributed by atoms with Gasteiger partial charge in [-0.3, -0.25) is 4.79 Å². The predicted octanol–water partition coefficient (Wildman–Crippen LogP) is 4.83. The van der Waals surface area contributed by atoms with Crippen molar-refractivity contribution < 1.29 is 4.79 Å². The Morgan fingerprint density at radius 3 is 2.41 bits per heavy atom. The number of hydrogen-bond donors (Lipinski definition) is 1. The van der Waals surface area contributed by atoms with Gasteiger partial charge in [0.2, 0.25) is 0 Å². The summed E-state index contributed by atoms with van der Waals surface area (Å²) in [5.74, 6) is -0.0690. The van der Waals surface area contributed by atoms with E-state index in [1.807, 2.05) is 36.6 Å². The smallest absolute Gasteiger partial charge is 0.266 e. The molecule has 0 bridgehead atoms. The summed E-state index contributed by atoms with van der Waals surface area (Å²) in [4.78, 5) is 12.7. The fraction of sp³-hybridized carbons (Fsp3) is 0.0833. The number of halogens is 2. The fourth-order valence-electron chi connectivity index (χ4n) is 1.34. The first kappa shape index (κ1) is 12.8. The summed E-state index contributed by atoms with van der Waals surface area (Å²) in [6.07, 6.45) is 0. The molecule has 0 saturated heterocycles. The second kappa shape index (κ2) is 5.33. The van der Waals surface area contributed by atoms with Gasteiger partial charge in [0.1, 0.15) is 0 Å². The minimum atomic E-state index is -0.0690. The summed E-state index contributed by atoms with van der Waals surface area (Å²) >= 11 is 8.20. The minimum Gasteiger partial charge on any atom is -0.321 e. The molecule has 1 heterocycles. The molecular formula is C12H9Br2NOS. The molecule has 5 heteroatoms. The first-order valence-corrected chi connectivity index (χ1v) is 7.35. The number of amides is 1. The van der Waals surface area contributed by atoms with E-state index in [2.05, 4.69) is 37.2 Å². The van der Waals surface area contributed by atoms with E-state index >= 15 is 0 Å². The predicted molar refractivity (Wildman–Crippen MR) is 78.9 cm³/mol. The third-order valence-electron chi connectivity index (χ3n) is 2.29. The van der Waals surface area contributed by atoms with Crippen LogP contribution in [-0.2, 0) is 0 Å². The van der Waals surface area contributed by atoms with Gasteiger partial charge in [-0.05, 0) is 52.7 Å². The van der Waals surface area contributed by atoms with E-state index in [1.54, 1.807) is 0 Å². The molecular weight excluding hydrogens is 366 g/mol. The highest BCUT2D eigenvalue weighted by Gasteiger charge is 2.13. The maximum Gasteiger partial charge on any atom is 0.266 e. The van der Waals surface area contributed by atoms with Crippen molar-refractivity contribution >= 4 is 54.8 Å². The van der Waals surface area contributed by atoms with E-state index in [9.17, 15) is 4.79 Å². The highest BCUT2D eigenvalue weighted by Crippen LogP contribution is 2.27. The van der Waals surface area contributed by atoms with Crippen molar-refractivity contribution in [3.8, 4) is 0 Å². The van der Waals surface area contributed by atoms with E-state index in [-0.39, 0.29) is 5.91 Å². The number of hydrogen-bond acceptors (Lipinski definition) is 2. The Morgan fingerprint density at radius 2 is 1.88 bits per heavy atom. The van der Waals surface area contributed by atoms with Crippen molar-refractivity contribution in [3.63, 3.8) is 0 Å². The molecule has 0 saturated carbocycles. The first-order chi connectivity index (χ1) is 8.08.